The van der Waals surface area contributed by atoms with Crippen molar-refractivity contribution in [3.8, 4) is 0 Å². The second-order valence-electron chi connectivity index (χ2n) is 5.60. The molecule has 6 heteroatoms. The van der Waals surface area contributed by atoms with Gasteiger partial charge in [-0.2, -0.15) is 0 Å². The van der Waals surface area contributed by atoms with Gasteiger partial charge >= 0.3 is 0 Å². The lowest BCUT2D eigenvalue weighted by Gasteiger charge is -2.34. The van der Waals surface area contributed by atoms with E-state index < -0.39 is 23.8 Å². The first-order chi connectivity index (χ1) is 9.98. The minimum absolute atomic E-state index is 0.173. The van der Waals surface area contributed by atoms with Gasteiger partial charge in [0.15, 0.2) is 0 Å². The predicted octanol–water partition coefficient (Wildman–Crippen LogP) is -1.21. The zero-order chi connectivity index (χ0) is 15.5. The summed E-state index contributed by atoms with van der Waals surface area (Å²) in [5, 5.41) is 35.6. The second kappa shape index (κ2) is 6.53. The largest absolute Gasteiger partial charge is 0.395 e. The van der Waals surface area contributed by atoms with E-state index in [4.69, 9.17) is 0 Å². The number of aliphatic hydroxyl groups is 3. The van der Waals surface area contributed by atoms with Crippen molar-refractivity contribution in [2.45, 2.75) is 37.1 Å². The van der Waals surface area contributed by atoms with E-state index in [0.29, 0.717) is 6.42 Å². The van der Waals surface area contributed by atoms with Crippen LogP contribution in [0.2, 0.25) is 0 Å². The molecule has 0 unspecified atom stereocenters. The van der Waals surface area contributed by atoms with Gasteiger partial charge in [0.1, 0.15) is 6.10 Å². The maximum Gasteiger partial charge on any atom is 0.216 e. The summed E-state index contributed by atoms with van der Waals surface area (Å²) < 4.78 is 0. The number of nitrogens with one attached hydrogen (secondary N) is 2. The Bertz CT molecular complexity index is 482. The number of hydrogen-bond acceptors (Lipinski definition) is 5. The van der Waals surface area contributed by atoms with Crippen LogP contribution in [0.4, 0.5) is 0 Å². The number of carbonyl (C=O) groups is 1. The molecule has 0 bridgehead atoms. The summed E-state index contributed by atoms with van der Waals surface area (Å²) in [7, 11) is 0. The van der Waals surface area contributed by atoms with Gasteiger partial charge in [-0.1, -0.05) is 30.3 Å². The fraction of sp³-hybridized carbons (Fsp3) is 0.533. The predicted molar refractivity (Wildman–Crippen MR) is 77.6 cm³/mol. The van der Waals surface area contributed by atoms with Crippen LogP contribution in [0.3, 0.4) is 0 Å². The molecule has 1 aliphatic rings. The minimum Gasteiger partial charge on any atom is -0.395 e. The first kappa shape index (κ1) is 15.9. The number of amides is 1. The molecular weight excluding hydrogens is 272 g/mol. The Morgan fingerprint density at radius 3 is 2.52 bits per heavy atom. The normalized spacial score (nSPS) is 32.1. The van der Waals surface area contributed by atoms with Gasteiger partial charge < -0.3 is 20.6 Å². The monoisotopic (exact) mass is 294 g/mol. The smallest absolute Gasteiger partial charge is 0.216 e. The maximum absolute atomic E-state index is 11.2. The molecular formula is C15H22N2O4. The third kappa shape index (κ3) is 3.41. The molecule has 1 amide bonds. The lowest BCUT2D eigenvalue weighted by atomic mass is 9.86. The highest BCUT2D eigenvalue weighted by Crippen LogP contribution is 2.28. The van der Waals surface area contributed by atoms with E-state index in [2.05, 4.69) is 10.6 Å². The quantitative estimate of drug-likeness (QED) is 0.469. The topological polar surface area (TPSA) is 102 Å². The zero-order valence-electron chi connectivity index (χ0n) is 12.0. The highest BCUT2D eigenvalue weighted by molar-refractivity contribution is 5.73. The molecule has 1 aromatic carbocycles. The molecule has 1 heterocycles. The third-order valence-corrected chi connectivity index (χ3v) is 3.99. The molecule has 0 aromatic heterocycles. The first-order valence-electron chi connectivity index (χ1n) is 7.01. The van der Waals surface area contributed by atoms with E-state index >= 15 is 0 Å². The number of carbonyl (C=O) groups excluding carboxylic acids is 1. The molecule has 116 valence electrons. The molecule has 1 aliphatic heterocycles. The highest BCUT2D eigenvalue weighted by atomic mass is 16.3. The van der Waals surface area contributed by atoms with Crippen molar-refractivity contribution in [3.05, 3.63) is 35.9 Å². The van der Waals surface area contributed by atoms with Crippen LogP contribution in [0.25, 0.3) is 0 Å². The Morgan fingerprint density at radius 1 is 1.33 bits per heavy atom. The molecule has 1 saturated heterocycles. The lowest BCUT2D eigenvalue weighted by Crippen LogP contribution is -2.58. The molecule has 1 fully saturated rings. The summed E-state index contributed by atoms with van der Waals surface area (Å²) in [5.74, 6) is -0.210. The van der Waals surface area contributed by atoms with E-state index in [1.165, 1.54) is 6.92 Å². The molecule has 6 nitrogen and oxygen atoms in total. The molecule has 0 spiro atoms. The molecule has 5 N–H and O–H groups in total. The molecule has 4 atom stereocenters. The standard InChI is InChI=1S/C15H22N2O4/c1-10(19)16-9-15(7-11-5-3-2-4-6-11)14(21)13(20)12(8-18)17-15/h2-6,12-14,17-18,20-21H,7-9H2,1H3,(H,16,19)/t12-,13-,14+,15-/m1/s1. The number of benzene rings is 1. The Balaban J connectivity index is 2.24. The van der Waals surface area contributed by atoms with E-state index in [0.717, 1.165) is 5.56 Å². The van der Waals surface area contributed by atoms with Crippen LogP contribution in [0.5, 0.6) is 0 Å². The van der Waals surface area contributed by atoms with Crippen LogP contribution in [-0.2, 0) is 11.2 Å². The van der Waals surface area contributed by atoms with Gasteiger partial charge in [0, 0.05) is 13.5 Å². The Kier molecular flexibility index (Phi) is 4.95. The SMILES string of the molecule is CC(=O)NC[C@@]1(Cc2ccccc2)N[C@H](CO)[C@@H](O)[C@@H]1O. The van der Waals surface area contributed by atoms with E-state index in [1.54, 1.807) is 0 Å². The average molecular weight is 294 g/mol. The fourth-order valence-electron chi connectivity index (χ4n) is 2.86. The summed E-state index contributed by atoms with van der Waals surface area (Å²) in [6, 6.07) is 8.90. The summed E-state index contributed by atoms with van der Waals surface area (Å²) in [6.07, 6.45) is -1.72. The van der Waals surface area contributed by atoms with Crippen molar-refractivity contribution in [1.29, 1.82) is 0 Å². The molecule has 0 aliphatic carbocycles. The van der Waals surface area contributed by atoms with Crippen molar-refractivity contribution < 1.29 is 20.1 Å². The van der Waals surface area contributed by atoms with E-state index in [-0.39, 0.29) is 19.1 Å². The number of rotatable bonds is 5. The van der Waals surface area contributed by atoms with Crippen molar-refractivity contribution in [2.75, 3.05) is 13.2 Å². The van der Waals surface area contributed by atoms with Crippen LogP contribution >= 0.6 is 0 Å². The zero-order valence-corrected chi connectivity index (χ0v) is 12.0. The molecule has 0 saturated carbocycles. The van der Waals surface area contributed by atoms with Crippen molar-refractivity contribution in [1.82, 2.24) is 10.6 Å². The van der Waals surface area contributed by atoms with Crippen LogP contribution in [0.1, 0.15) is 12.5 Å². The Hall–Kier alpha value is -1.47. The van der Waals surface area contributed by atoms with Gasteiger partial charge in [-0.15, -0.1) is 0 Å². The molecule has 0 radical (unpaired) electrons. The first-order valence-corrected chi connectivity index (χ1v) is 7.01. The minimum atomic E-state index is -1.08. The average Bonchev–Trinajstić information content (AvgIpc) is 2.71. The van der Waals surface area contributed by atoms with E-state index in [9.17, 15) is 20.1 Å². The second-order valence-corrected chi connectivity index (χ2v) is 5.60. The lowest BCUT2D eigenvalue weighted by molar-refractivity contribution is -0.119. The van der Waals surface area contributed by atoms with Gasteiger partial charge in [-0.25, -0.2) is 0 Å². The van der Waals surface area contributed by atoms with Crippen molar-refractivity contribution >= 4 is 5.91 Å². The van der Waals surface area contributed by atoms with Crippen molar-refractivity contribution in [2.24, 2.45) is 0 Å². The van der Waals surface area contributed by atoms with Crippen LogP contribution in [0.15, 0.2) is 30.3 Å². The van der Waals surface area contributed by atoms with Crippen LogP contribution in [-0.4, -0.2) is 58.2 Å². The van der Waals surface area contributed by atoms with Gasteiger partial charge in [0.2, 0.25) is 5.91 Å². The number of aliphatic hydroxyl groups excluding tert-OH is 3. The summed E-state index contributed by atoms with van der Waals surface area (Å²) in [5.41, 5.74) is 0.0695. The fourth-order valence-corrected chi connectivity index (χ4v) is 2.86. The molecule has 2 rings (SSSR count). The summed E-state index contributed by atoms with van der Waals surface area (Å²) in [4.78, 5) is 11.2. The molecule has 1 aromatic rings. The Morgan fingerprint density at radius 2 is 2.00 bits per heavy atom. The summed E-state index contributed by atoms with van der Waals surface area (Å²) in [6.45, 7) is 1.29. The number of hydrogen-bond donors (Lipinski definition) is 5. The van der Waals surface area contributed by atoms with Gasteiger partial charge in [-0.3, -0.25) is 10.1 Å². The third-order valence-electron chi connectivity index (χ3n) is 3.99. The van der Waals surface area contributed by atoms with Crippen LogP contribution < -0.4 is 10.6 Å². The maximum atomic E-state index is 11.2. The van der Waals surface area contributed by atoms with E-state index in [1.807, 2.05) is 30.3 Å². The Labute approximate surface area is 123 Å². The van der Waals surface area contributed by atoms with Gasteiger partial charge in [0.05, 0.1) is 24.3 Å². The molecule has 21 heavy (non-hydrogen) atoms. The van der Waals surface area contributed by atoms with Gasteiger partial charge in [0.25, 0.3) is 0 Å². The highest BCUT2D eigenvalue weighted by Gasteiger charge is 2.51. The van der Waals surface area contributed by atoms with Crippen molar-refractivity contribution in [3.63, 3.8) is 0 Å². The summed E-state index contributed by atoms with van der Waals surface area (Å²) >= 11 is 0. The van der Waals surface area contributed by atoms with Gasteiger partial charge in [-0.05, 0) is 12.0 Å². The van der Waals surface area contributed by atoms with Crippen LogP contribution in [0, 0.1) is 0 Å².